The zero-order valence-corrected chi connectivity index (χ0v) is 13.4. The Labute approximate surface area is 130 Å². The Balaban J connectivity index is 1.75. The number of carbonyl (C=O) groups excluding carboxylic acids is 1. The molecule has 0 bridgehead atoms. The molecule has 2 aliphatic rings. The molecule has 1 aromatic rings. The van der Waals surface area contributed by atoms with Crippen molar-refractivity contribution in [2.75, 3.05) is 13.1 Å². The topological polar surface area (TPSA) is 59.9 Å². The number of carbonyl (C=O) groups is 1. The van der Waals surface area contributed by atoms with E-state index < -0.39 is 11.1 Å². The van der Waals surface area contributed by atoms with Gasteiger partial charge in [-0.3, -0.25) is 0 Å². The lowest BCUT2D eigenvalue weighted by atomic mass is 10.1. The average molecular weight is 303 g/mol. The Morgan fingerprint density at radius 2 is 2.27 bits per heavy atom. The van der Waals surface area contributed by atoms with Crippen LogP contribution >= 0.6 is 0 Å². The molecule has 22 heavy (non-hydrogen) atoms. The van der Waals surface area contributed by atoms with Crippen LogP contribution < -0.4 is 0 Å². The van der Waals surface area contributed by atoms with Crippen molar-refractivity contribution >= 4 is 6.09 Å². The lowest BCUT2D eigenvalue weighted by molar-refractivity contribution is 0.0206. The maximum Gasteiger partial charge on any atom is 0.410 e. The fourth-order valence-corrected chi connectivity index (χ4v) is 3.46. The van der Waals surface area contributed by atoms with Crippen LogP contribution in [0.3, 0.4) is 0 Å². The van der Waals surface area contributed by atoms with Gasteiger partial charge in [-0.1, -0.05) is 5.16 Å². The van der Waals surface area contributed by atoms with Crippen LogP contribution in [0.25, 0.3) is 4.85 Å². The molecule has 1 aromatic heterocycles. The molecule has 0 spiro atoms. The summed E-state index contributed by atoms with van der Waals surface area (Å²) in [4.78, 5) is 17.8. The first-order valence-electron chi connectivity index (χ1n) is 7.58. The van der Waals surface area contributed by atoms with Crippen molar-refractivity contribution in [2.24, 2.45) is 11.8 Å². The van der Waals surface area contributed by atoms with E-state index in [0.717, 1.165) is 12.1 Å². The Bertz CT molecular complexity index is 640. The van der Waals surface area contributed by atoms with E-state index in [0.29, 0.717) is 18.8 Å². The molecule has 2 heterocycles. The van der Waals surface area contributed by atoms with Crippen LogP contribution in [0.2, 0.25) is 0 Å². The third-order valence-corrected chi connectivity index (χ3v) is 4.49. The summed E-state index contributed by atoms with van der Waals surface area (Å²) in [6, 6.07) is 1.84. The summed E-state index contributed by atoms with van der Waals surface area (Å²) in [7, 11) is 0. The van der Waals surface area contributed by atoms with E-state index >= 15 is 0 Å². The molecule has 3 atom stereocenters. The highest BCUT2D eigenvalue weighted by Gasteiger charge is 2.77. The second kappa shape index (κ2) is 4.73. The normalized spacial score (nSPS) is 30.4. The quantitative estimate of drug-likeness (QED) is 0.748. The lowest BCUT2D eigenvalue weighted by Crippen LogP contribution is -2.40. The number of ether oxygens (including phenoxy) is 1. The van der Waals surface area contributed by atoms with Crippen LogP contribution in [0.1, 0.15) is 38.6 Å². The molecular weight excluding hydrogens is 282 g/mol. The second-order valence-corrected chi connectivity index (χ2v) is 7.20. The van der Waals surface area contributed by atoms with Gasteiger partial charge in [0.25, 0.3) is 5.54 Å². The van der Waals surface area contributed by atoms with E-state index in [1.165, 1.54) is 0 Å². The number of hydrogen-bond acceptors (Lipinski definition) is 4. The molecule has 3 rings (SSSR count). The summed E-state index contributed by atoms with van der Waals surface area (Å²) in [6.45, 7) is 16.2. The molecule has 1 saturated carbocycles. The van der Waals surface area contributed by atoms with Gasteiger partial charge in [-0.2, -0.15) is 0 Å². The largest absolute Gasteiger partial charge is 0.444 e. The first-order chi connectivity index (χ1) is 10.3. The molecule has 118 valence electrons. The second-order valence-electron chi connectivity index (χ2n) is 7.20. The third kappa shape index (κ3) is 2.25. The Morgan fingerprint density at radius 1 is 1.55 bits per heavy atom. The fourth-order valence-electron chi connectivity index (χ4n) is 3.46. The third-order valence-electron chi connectivity index (χ3n) is 4.49. The van der Waals surface area contributed by atoms with E-state index in [2.05, 4.69) is 10.0 Å². The van der Waals surface area contributed by atoms with Crippen LogP contribution in [0.5, 0.6) is 0 Å². The highest BCUT2D eigenvalue weighted by atomic mass is 16.6. The van der Waals surface area contributed by atoms with Gasteiger partial charge in [0, 0.05) is 19.2 Å². The van der Waals surface area contributed by atoms with Crippen LogP contribution in [0.15, 0.2) is 10.6 Å². The van der Waals surface area contributed by atoms with Crippen molar-refractivity contribution < 1.29 is 14.1 Å². The minimum absolute atomic E-state index is 0.110. The smallest absolute Gasteiger partial charge is 0.410 e. The SMILES string of the molecule is [C-]#[N+]C1(c2cc(C)no2)C2CCN(C(=O)OC(C)(C)C)CC21. The van der Waals surface area contributed by atoms with Gasteiger partial charge in [-0.25, -0.2) is 11.4 Å². The molecule has 1 aliphatic carbocycles. The molecular formula is C16H21N3O3. The minimum atomic E-state index is -0.641. The fraction of sp³-hybridized carbons (Fsp3) is 0.688. The van der Waals surface area contributed by atoms with E-state index in [1.54, 1.807) is 4.90 Å². The van der Waals surface area contributed by atoms with Crippen molar-refractivity contribution in [3.8, 4) is 0 Å². The summed E-state index contributed by atoms with van der Waals surface area (Å²) in [6.07, 6.45) is 0.497. The molecule has 2 fully saturated rings. The number of aryl methyl sites for hydroxylation is 1. The van der Waals surface area contributed by atoms with Gasteiger partial charge in [-0.05, 0) is 34.1 Å². The highest BCUT2D eigenvalue weighted by molar-refractivity contribution is 5.68. The van der Waals surface area contributed by atoms with Crippen molar-refractivity contribution in [3.05, 3.63) is 28.9 Å². The number of rotatable bonds is 1. The molecule has 3 unspecified atom stereocenters. The van der Waals surface area contributed by atoms with Crippen LogP contribution in [0.4, 0.5) is 4.79 Å². The Hall–Kier alpha value is -2.03. The maximum atomic E-state index is 12.2. The van der Waals surface area contributed by atoms with Crippen LogP contribution in [0, 0.1) is 25.3 Å². The molecule has 1 amide bonds. The van der Waals surface area contributed by atoms with Gasteiger partial charge < -0.3 is 19.0 Å². The number of likely N-dealkylation sites (tertiary alicyclic amines) is 1. The van der Waals surface area contributed by atoms with E-state index in [-0.39, 0.29) is 17.9 Å². The summed E-state index contributed by atoms with van der Waals surface area (Å²) < 4.78 is 10.8. The van der Waals surface area contributed by atoms with Crippen LogP contribution in [-0.4, -0.2) is 34.8 Å². The number of aromatic nitrogens is 1. The van der Waals surface area contributed by atoms with Gasteiger partial charge in [0.1, 0.15) is 5.60 Å². The van der Waals surface area contributed by atoms with E-state index in [9.17, 15) is 4.79 Å². The zero-order chi connectivity index (χ0) is 16.1. The first-order valence-corrected chi connectivity index (χ1v) is 7.58. The Kier molecular flexibility index (Phi) is 3.20. The van der Waals surface area contributed by atoms with Crippen molar-refractivity contribution in [1.82, 2.24) is 10.1 Å². The molecule has 6 heteroatoms. The lowest BCUT2D eigenvalue weighted by Gasteiger charge is -2.28. The van der Waals surface area contributed by atoms with Crippen molar-refractivity contribution in [3.63, 3.8) is 0 Å². The van der Waals surface area contributed by atoms with Gasteiger partial charge in [0.15, 0.2) is 0 Å². The zero-order valence-electron chi connectivity index (χ0n) is 13.4. The molecule has 0 aromatic carbocycles. The highest BCUT2D eigenvalue weighted by Crippen LogP contribution is 2.64. The predicted octanol–water partition coefficient (Wildman–Crippen LogP) is 2.98. The molecule has 0 radical (unpaired) electrons. The summed E-state index contributed by atoms with van der Waals surface area (Å²) in [5.74, 6) is 0.996. The average Bonchev–Trinajstić information content (AvgIpc) is 2.89. The minimum Gasteiger partial charge on any atom is -0.444 e. The number of nitrogens with zero attached hydrogens (tertiary/aromatic N) is 3. The number of piperidine rings is 1. The molecule has 1 aliphatic heterocycles. The van der Waals surface area contributed by atoms with E-state index in [4.69, 9.17) is 15.8 Å². The first kappa shape index (κ1) is 14.9. The van der Waals surface area contributed by atoms with Gasteiger partial charge in [0.2, 0.25) is 5.76 Å². The number of fused-ring (bicyclic) bond motifs is 1. The van der Waals surface area contributed by atoms with Crippen molar-refractivity contribution in [2.45, 2.75) is 45.3 Å². The van der Waals surface area contributed by atoms with Gasteiger partial charge in [-0.15, -0.1) is 0 Å². The predicted molar refractivity (Wildman–Crippen MR) is 78.9 cm³/mol. The van der Waals surface area contributed by atoms with Crippen LogP contribution in [-0.2, 0) is 10.3 Å². The maximum absolute atomic E-state index is 12.2. The summed E-state index contributed by atoms with van der Waals surface area (Å²) >= 11 is 0. The van der Waals surface area contributed by atoms with E-state index in [1.807, 2.05) is 33.8 Å². The molecule has 0 N–H and O–H groups in total. The van der Waals surface area contributed by atoms with Gasteiger partial charge in [0.05, 0.1) is 17.5 Å². The number of hydrogen-bond donors (Lipinski definition) is 0. The summed E-state index contributed by atoms with van der Waals surface area (Å²) in [5.41, 5.74) is -0.361. The molecule has 1 saturated heterocycles. The molecule has 6 nitrogen and oxygen atoms in total. The van der Waals surface area contributed by atoms with Gasteiger partial charge >= 0.3 is 6.09 Å². The Morgan fingerprint density at radius 3 is 2.82 bits per heavy atom. The standard InChI is InChI=1S/C16H21N3O3/c1-10-8-13(22-18-10)16(17-5)11-6-7-19(9-12(11)16)14(20)21-15(2,3)4/h8,11-12H,6-7,9H2,1-4H3. The van der Waals surface area contributed by atoms with Crippen molar-refractivity contribution in [1.29, 1.82) is 0 Å². The number of amides is 1. The monoisotopic (exact) mass is 303 g/mol. The summed E-state index contributed by atoms with van der Waals surface area (Å²) in [5, 5.41) is 3.91.